The van der Waals surface area contributed by atoms with Crippen LogP contribution < -0.4 is 5.32 Å². The van der Waals surface area contributed by atoms with Gasteiger partial charge in [0.15, 0.2) is 0 Å². The molecule has 3 saturated carbocycles. The first-order valence-electron chi connectivity index (χ1n) is 14.6. The number of piperidine rings is 1. The molecule has 0 amide bonds. The van der Waals surface area contributed by atoms with Crippen LogP contribution in [-0.4, -0.2) is 37.0 Å². The van der Waals surface area contributed by atoms with E-state index in [-0.39, 0.29) is 5.60 Å². The Hall–Kier alpha value is -0.380. The quantitative estimate of drug-likeness (QED) is 0.481. The van der Waals surface area contributed by atoms with Gasteiger partial charge < -0.3 is 14.8 Å². The largest absolute Gasteiger partial charge is 0.378 e. The molecule has 1 spiro atoms. The minimum atomic E-state index is 0.0833. The third-order valence-corrected chi connectivity index (χ3v) is 12.0. The van der Waals surface area contributed by atoms with E-state index in [2.05, 4.69) is 39.9 Å². The molecule has 0 radical (unpaired) electrons. The summed E-state index contributed by atoms with van der Waals surface area (Å²) in [7, 11) is 0. The normalized spacial score (nSPS) is 53.9. The zero-order valence-electron chi connectivity index (χ0n) is 22.0. The summed E-state index contributed by atoms with van der Waals surface area (Å²) in [6, 6.07) is 0.569. The van der Waals surface area contributed by atoms with Crippen molar-refractivity contribution in [2.24, 2.45) is 40.9 Å². The highest BCUT2D eigenvalue weighted by atomic mass is 16.5. The van der Waals surface area contributed by atoms with E-state index in [1.165, 1.54) is 70.8 Å². The van der Waals surface area contributed by atoms with Crippen molar-refractivity contribution in [2.75, 3.05) is 13.2 Å². The lowest BCUT2D eigenvalue weighted by Gasteiger charge is -2.54. The van der Waals surface area contributed by atoms with Crippen LogP contribution in [0.15, 0.2) is 11.1 Å². The average Bonchev–Trinajstić information content (AvgIpc) is 3.24. The standard InChI is InChI=1S/C30H49NO2/c1-6-32-22-9-11-29(5)21(14-22)7-8-24-23-10-12-30(16-19(3)25(23)15-26(24)29)20(4)28-27(33-30)13-18(2)17-31-28/h18,20-24,26-28,31H,6-17H2,1-5H3/t18-,20+,21+,22+,23-,24-,26-,27+,28-,29-,30-/m0/s1. The summed E-state index contributed by atoms with van der Waals surface area (Å²) < 4.78 is 13.2. The third kappa shape index (κ3) is 3.53. The Bertz CT molecular complexity index is 792. The molecule has 0 aromatic heterocycles. The minimum Gasteiger partial charge on any atom is -0.378 e. The lowest BCUT2D eigenvalue weighted by molar-refractivity contribution is -0.0895. The second kappa shape index (κ2) is 8.34. The highest BCUT2D eigenvalue weighted by Crippen LogP contribution is 2.65. The van der Waals surface area contributed by atoms with E-state index < -0.39 is 0 Å². The molecule has 3 nitrogen and oxygen atoms in total. The monoisotopic (exact) mass is 455 g/mol. The molecule has 0 aromatic carbocycles. The number of allylic oxidation sites excluding steroid dienone is 1. The van der Waals surface area contributed by atoms with Gasteiger partial charge in [0.05, 0.1) is 17.8 Å². The molecule has 0 unspecified atom stereocenters. The van der Waals surface area contributed by atoms with Gasteiger partial charge >= 0.3 is 0 Å². The van der Waals surface area contributed by atoms with Crippen molar-refractivity contribution in [3.8, 4) is 0 Å². The van der Waals surface area contributed by atoms with Crippen molar-refractivity contribution in [2.45, 2.75) is 123 Å². The maximum absolute atomic E-state index is 7.06. The van der Waals surface area contributed by atoms with E-state index >= 15 is 0 Å². The van der Waals surface area contributed by atoms with E-state index in [1.54, 1.807) is 5.57 Å². The molecular weight excluding hydrogens is 406 g/mol. The van der Waals surface area contributed by atoms with E-state index in [0.717, 1.165) is 36.2 Å². The van der Waals surface area contributed by atoms with E-state index in [0.29, 0.717) is 29.6 Å². The first-order chi connectivity index (χ1) is 15.8. The third-order valence-electron chi connectivity index (χ3n) is 12.0. The summed E-state index contributed by atoms with van der Waals surface area (Å²) in [6.07, 6.45) is 14.3. The maximum Gasteiger partial charge on any atom is 0.0765 e. The van der Waals surface area contributed by atoms with Crippen LogP contribution in [0.3, 0.4) is 0 Å². The summed E-state index contributed by atoms with van der Waals surface area (Å²) in [5.74, 6) is 4.92. The van der Waals surface area contributed by atoms with Crippen LogP contribution in [0.2, 0.25) is 0 Å². The predicted molar refractivity (Wildman–Crippen MR) is 134 cm³/mol. The molecule has 2 aliphatic heterocycles. The molecule has 5 fully saturated rings. The Morgan fingerprint density at radius 2 is 1.94 bits per heavy atom. The van der Waals surface area contributed by atoms with Crippen LogP contribution in [0.4, 0.5) is 0 Å². The molecule has 3 heteroatoms. The summed E-state index contributed by atoms with van der Waals surface area (Å²) in [5.41, 5.74) is 4.22. The molecule has 2 saturated heterocycles. The van der Waals surface area contributed by atoms with Gasteiger partial charge in [-0.3, -0.25) is 0 Å². The number of rotatable bonds is 2. The van der Waals surface area contributed by atoms with Gasteiger partial charge in [-0.05, 0) is 120 Å². The van der Waals surface area contributed by atoms with Gasteiger partial charge in [-0.1, -0.05) is 31.9 Å². The molecule has 4 aliphatic carbocycles. The number of fused-ring (bicyclic) bond motifs is 6. The van der Waals surface area contributed by atoms with Crippen molar-refractivity contribution in [3.63, 3.8) is 0 Å². The van der Waals surface area contributed by atoms with E-state index in [1.807, 2.05) is 5.57 Å². The van der Waals surface area contributed by atoms with Gasteiger partial charge in [-0.25, -0.2) is 0 Å². The van der Waals surface area contributed by atoms with Crippen LogP contribution >= 0.6 is 0 Å². The zero-order valence-corrected chi connectivity index (χ0v) is 22.0. The predicted octanol–water partition coefficient (Wildman–Crippen LogP) is 6.52. The first-order valence-corrected chi connectivity index (χ1v) is 14.6. The van der Waals surface area contributed by atoms with E-state index in [9.17, 15) is 0 Å². The highest BCUT2D eigenvalue weighted by molar-refractivity contribution is 5.29. The van der Waals surface area contributed by atoms with Crippen LogP contribution in [0, 0.1) is 40.9 Å². The van der Waals surface area contributed by atoms with Crippen LogP contribution in [0.5, 0.6) is 0 Å². The molecule has 6 aliphatic rings. The van der Waals surface area contributed by atoms with Crippen molar-refractivity contribution in [1.29, 1.82) is 0 Å². The van der Waals surface area contributed by atoms with Crippen LogP contribution in [0.1, 0.15) is 98.8 Å². The first kappa shape index (κ1) is 23.0. The lowest BCUT2D eigenvalue weighted by Crippen LogP contribution is -2.48. The Labute approximate surface area is 202 Å². The molecular formula is C30H49NO2. The number of hydrogen-bond acceptors (Lipinski definition) is 3. The number of ether oxygens (including phenoxy) is 2. The highest BCUT2D eigenvalue weighted by Gasteiger charge is 2.59. The summed E-state index contributed by atoms with van der Waals surface area (Å²) >= 11 is 0. The second-order valence-corrected chi connectivity index (χ2v) is 13.5. The van der Waals surface area contributed by atoms with Gasteiger partial charge in [0.2, 0.25) is 0 Å². The lowest BCUT2D eigenvalue weighted by atomic mass is 9.52. The fourth-order valence-corrected chi connectivity index (χ4v) is 10.2. The van der Waals surface area contributed by atoms with Crippen LogP contribution in [0.25, 0.3) is 0 Å². The topological polar surface area (TPSA) is 30.5 Å². The van der Waals surface area contributed by atoms with Crippen molar-refractivity contribution in [3.05, 3.63) is 11.1 Å². The van der Waals surface area contributed by atoms with Gasteiger partial charge in [0, 0.05) is 18.6 Å². The molecule has 2 heterocycles. The molecule has 33 heavy (non-hydrogen) atoms. The van der Waals surface area contributed by atoms with Crippen LogP contribution in [-0.2, 0) is 9.47 Å². The number of hydrogen-bond donors (Lipinski definition) is 1. The fraction of sp³-hybridized carbons (Fsp3) is 0.933. The molecule has 6 rings (SSSR count). The number of nitrogens with one attached hydrogen (secondary N) is 1. The zero-order chi connectivity index (χ0) is 23.0. The van der Waals surface area contributed by atoms with Gasteiger partial charge in [-0.15, -0.1) is 0 Å². The molecule has 1 N–H and O–H groups in total. The smallest absolute Gasteiger partial charge is 0.0765 e. The molecule has 11 atom stereocenters. The second-order valence-electron chi connectivity index (χ2n) is 13.5. The Kier molecular flexibility index (Phi) is 5.82. The summed E-state index contributed by atoms with van der Waals surface area (Å²) in [6.45, 7) is 14.3. The Balaban J connectivity index is 1.24. The maximum atomic E-state index is 7.06. The van der Waals surface area contributed by atoms with E-state index in [4.69, 9.17) is 9.47 Å². The average molecular weight is 456 g/mol. The van der Waals surface area contributed by atoms with Crippen molar-refractivity contribution in [1.82, 2.24) is 5.32 Å². The molecule has 0 bridgehead atoms. The summed E-state index contributed by atoms with van der Waals surface area (Å²) in [4.78, 5) is 0. The molecule has 186 valence electrons. The fourth-order valence-electron chi connectivity index (χ4n) is 10.2. The Morgan fingerprint density at radius 1 is 1.09 bits per heavy atom. The summed E-state index contributed by atoms with van der Waals surface area (Å²) in [5, 5.41) is 3.88. The molecule has 0 aromatic rings. The van der Waals surface area contributed by atoms with Gasteiger partial charge in [0.1, 0.15) is 0 Å². The SMILES string of the molecule is CCO[C@@H]1CC[C@@]2(C)[C@H](CC[C@H]3[C@@H]4CC[C@@]5(CC(C)=C4C[C@@H]32)O[C@@H]2C[C@H](C)CN[C@H]2[C@H]5C)C1. The minimum absolute atomic E-state index is 0.0833. The van der Waals surface area contributed by atoms with Gasteiger partial charge in [-0.2, -0.15) is 0 Å². The van der Waals surface area contributed by atoms with Crippen molar-refractivity contribution < 1.29 is 9.47 Å². The van der Waals surface area contributed by atoms with Gasteiger partial charge in [0.25, 0.3) is 0 Å². The Morgan fingerprint density at radius 3 is 2.76 bits per heavy atom. The van der Waals surface area contributed by atoms with Crippen molar-refractivity contribution >= 4 is 0 Å².